The molecule has 90 valence electrons. The SMILES string of the molecule is CCCC(C)Cc1cc(=O)oc2ccccc12. The van der Waals surface area contributed by atoms with Crippen LogP contribution in [0.3, 0.4) is 0 Å². The van der Waals surface area contributed by atoms with Crippen LogP contribution in [0.5, 0.6) is 0 Å². The van der Waals surface area contributed by atoms with Crippen molar-refractivity contribution in [1.82, 2.24) is 0 Å². The molecule has 2 nitrogen and oxygen atoms in total. The second-order valence-corrected chi connectivity index (χ2v) is 4.68. The van der Waals surface area contributed by atoms with Crippen LogP contribution in [0, 0.1) is 5.92 Å². The van der Waals surface area contributed by atoms with Gasteiger partial charge in [0.25, 0.3) is 0 Å². The van der Waals surface area contributed by atoms with Crippen LogP contribution in [-0.2, 0) is 6.42 Å². The standard InChI is InChI=1S/C15H18O2/c1-3-6-11(2)9-12-10-15(16)17-14-8-5-4-7-13(12)14/h4-5,7-8,10-11H,3,6,9H2,1-2H3. The molecule has 0 aliphatic carbocycles. The van der Waals surface area contributed by atoms with E-state index in [4.69, 9.17) is 4.42 Å². The van der Waals surface area contributed by atoms with Crippen LogP contribution >= 0.6 is 0 Å². The maximum Gasteiger partial charge on any atom is 0.336 e. The van der Waals surface area contributed by atoms with Crippen molar-refractivity contribution in [3.63, 3.8) is 0 Å². The number of fused-ring (bicyclic) bond motifs is 1. The fourth-order valence-electron chi connectivity index (χ4n) is 2.32. The molecule has 0 fully saturated rings. The lowest BCUT2D eigenvalue weighted by Gasteiger charge is -2.11. The van der Waals surface area contributed by atoms with E-state index in [0.29, 0.717) is 11.5 Å². The van der Waals surface area contributed by atoms with Crippen molar-refractivity contribution in [3.8, 4) is 0 Å². The zero-order valence-electron chi connectivity index (χ0n) is 10.4. The molecule has 0 N–H and O–H groups in total. The van der Waals surface area contributed by atoms with Crippen molar-refractivity contribution < 1.29 is 4.42 Å². The maximum atomic E-state index is 11.5. The highest BCUT2D eigenvalue weighted by Crippen LogP contribution is 2.21. The second-order valence-electron chi connectivity index (χ2n) is 4.68. The first-order valence-electron chi connectivity index (χ1n) is 6.22. The van der Waals surface area contributed by atoms with Crippen LogP contribution in [0.4, 0.5) is 0 Å². The van der Waals surface area contributed by atoms with Crippen molar-refractivity contribution in [3.05, 3.63) is 46.3 Å². The Morgan fingerprint density at radius 3 is 2.82 bits per heavy atom. The Balaban J connectivity index is 2.42. The van der Waals surface area contributed by atoms with Crippen molar-refractivity contribution in [2.24, 2.45) is 5.92 Å². The summed E-state index contributed by atoms with van der Waals surface area (Å²) < 4.78 is 5.19. The molecule has 2 heteroatoms. The van der Waals surface area contributed by atoms with Gasteiger partial charge >= 0.3 is 5.63 Å². The van der Waals surface area contributed by atoms with Gasteiger partial charge in [-0.2, -0.15) is 0 Å². The predicted molar refractivity (Wildman–Crippen MR) is 70.3 cm³/mol. The third-order valence-corrected chi connectivity index (χ3v) is 3.09. The third kappa shape index (κ3) is 2.76. The van der Waals surface area contributed by atoms with Crippen LogP contribution in [0.25, 0.3) is 11.0 Å². The monoisotopic (exact) mass is 230 g/mol. The molecule has 0 spiro atoms. The van der Waals surface area contributed by atoms with Crippen molar-refractivity contribution in [2.75, 3.05) is 0 Å². The summed E-state index contributed by atoms with van der Waals surface area (Å²) in [6.45, 7) is 4.42. The van der Waals surface area contributed by atoms with Gasteiger partial charge in [0.2, 0.25) is 0 Å². The van der Waals surface area contributed by atoms with E-state index in [-0.39, 0.29) is 5.63 Å². The normalized spacial score (nSPS) is 12.8. The Bertz CT molecular complexity index is 554. The largest absolute Gasteiger partial charge is 0.423 e. The smallest absolute Gasteiger partial charge is 0.336 e. The van der Waals surface area contributed by atoms with E-state index >= 15 is 0 Å². The van der Waals surface area contributed by atoms with Crippen LogP contribution in [-0.4, -0.2) is 0 Å². The lowest BCUT2D eigenvalue weighted by Crippen LogP contribution is -2.05. The van der Waals surface area contributed by atoms with Gasteiger partial charge in [0.05, 0.1) is 0 Å². The zero-order valence-corrected chi connectivity index (χ0v) is 10.4. The van der Waals surface area contributed by atoms with E-state index in [1.54, 1.807) is 6.07 Å². The van der Waals surface area contributed by atoms with E-state index in [2.05, 4.69) is 13.8 Å². The molecule has 0 aliphatic heterocycles. The Labute approximate surface area is 101 Å². The summed E-state index contributed by atoms with van der Waals surface area (Å²) in [5.41, 5.74) is 1.55. The lowest BCUT2D eigenvalue weighted by atomic mass is 9.95. The zero-order chi connectivity index (χ0) is 12.3. The summed E-state index contributed by atoms with van der Waals surface area (Å²) in [5, 5.41) is 1.06. The maximum absolute atomic E-state index is 11.5. The van der Waals surface area contributed by atoms with Crippen LogP contribution in [0.1, 0.15) is 32.3 Å². The number of hydrogen-bond donors (Lipinski definition) is 0. The van der Waals surface area contributed by atoms with Gasteiger partial charge in [-0.1, -0.05) is 44.9 Å². The van der Waals surface area contributed by atoms with E-state index < -0.39 is 0 Å². The van der Waals surface area contributed by atoms with Crippen molar-refractivity contribution in [1.29, 1.82) is 0 Å². The van der Waals surface area contributed by atoms with Crippen LogP contribution in [0.2, 0.25) is 0 Å². The first-order valence-corrected chi connectivity index (χ1v) is 6.22. The molecule has 17 heavy (non-hydrogen) atoms. The van der Waals surface area contributed by atoms with Gasteiger partial charge in [-0.3, -0.25) is 0 Å². The van der Waals surface area contributed by atoms with E-state index in [9.17, 15) is 4.79 Å². The topological polar surface area (TPSA) is 30.2 Å². The summed E-state index contributed by atoms with van der Waals surface area (Å²) >= 11 is 0. The minimum absolute atomic E-state index is 0.248. The molecule has 0 aliphatic rings. The second kappa shape index (κ2) is 5.17. The molecule has 2 rings (SSSR count). The van der Waals surface area contributed by atoms with Gasteiger partial charge < -0.3 is 4.42 Å². The Hall–Kier alpha value is -1.57. The van der Waals surface area contributed by atoms with Gasteiger partial charge in [-0.15, -0.1) is 0 Å². The van der Waals surface area contributed by atoms with E-state index in [1.807, 2.05) is 24.3 Å². The summed E-state index contributed by atoms with van der Waals surface area (Å²) in [4.78, 5) is 11.5. The summed E-state index contributed by atoms with van der Waals surface area (Å²) in [6.07, 6.45) is 3.31. The first kappa shape index (κ1) is 11.9. The molecule has 1 heterocycles. The first-order chi connectivity index (χ1) is 8.20. The number of benzene rings is 1. The highest BCUT2D eigenvalue weighted by atomic mass is 16.4. The molecular weight excluding hydrogens is 212 g/mol. The summed E-state index contributed by atoms with van der Waals surface area (Å²) in [5.74, 6) is 0.602. The molecule has 1 unspecified atom stereocenters. The van der Waals surface area contributed by atoms with Gasteiger partial charge in [-0.05, 0) is 24.0 Å². The highest BCUT2D eigenvalue weighted by molar-refractivity contribution is 5.79. The number of rotatable bonds is 4. The van der Waals surface area contributed by atoms with Gasteiger partial charge in [0.1, 0.15) is 5.58 Å². The van der Waals surface area contributed by atoms with Crippen molar-refractivity contribution >= 4 is 11.0 Å². The molecule has 0 amide bonds. The van der Waals surface area contributed by atoms with Gasteiger partial charge in [0.15, 0.2) is 0 Å². The molecule has 1 aromatic heterocycles. The Morgan fingerprint density at radius 1 is 1.29 bits per heavy atom. The number of para-hydroxylation sites is 1. The third-order valence-electron chi connectivity index (χ3n) is 3.09. The molecular formula is C15H18O2. The molecule has 1 aromatic carbocycles. The molecule has 0 bridgehead atoms. The Morgan fingerprint density at radius 2 is 2.06 bits per heavy atom. The van der Waals surface area contributed by atoms with Gasteiger partial charge in [0, 0.05) is 11.5 Å². The average Bonchev–Trinajstić information content (AvgIpc) is 2.29. The molecule has 2 aromatic rings. The minimum atomic E-state index is -0.248. The summed E-state index contributed by atoms with van der Waals surface area (Å²) in [6, 6.07) is 9.38. The van der Waals surface area contributed by atoms with E-state index in [0.717, 1.165) is 17.4 Å². The van der Waals surface area contributed by atoms with Crippen LogP contribution in [0.15, 0.2) is 39.5 Å². The highest BCUT2D eigenvalue weighted by Gasteiger charge is 2.08. The minimum Gasteiger partial charge on any atom is -0.423 e. The summed E-state index contributed by atoms with van der Waals surface area (Å²) in [7, 11) is 0. The molecule has 0 saturated carbocycles. The quantitative estimate of drug-likeness (QED) is 0.748. The van der Waals surface area contributed by atoms with Crippen molar-refractivity contribution in [2.45, 2.75) is 33.1 Å². The fourth-order valence-corrected chi connectivity index (χ4v) is 2.32. The lowest BCUT2D eigenvalue weighted by molar-refractivity contribution is 0.516. The molecule has 0 radical (unpaired) electrons. The fraction of sp³-hybridized carbons (Fsp3) is 0.400. The van der Waals surface area contributed by atoms with E-state index in [1.165, 1.54) is 12.8 Å². The average molecular weight is 230 g/mol. The Kier molecular flexibility index (Phi) is 3.62. The number of hydrogen-bond acceptors (Lipinski definition) is 2. The van der Waals surface area contributed by atoms with Gasteiger partial charge in [-0.25, -0.2) is 4.79 Å². The predicted octanol–water partition coefficient (Wildman–Crippen LogP) is 3.77. The molecule has 0 saturated heterocycles. The molecule has 1 atom stereocenters. The van der Waals surface area contributed by atoms with Crippen LogP contribution < -0.4 is 5.63 Å².